The van der Waals surface area contributed by atoms with Gasteiger partial charge in [0.05, 0.1) is 13.2 Å². The summed E-state index contributed by atoms with van der Waals surface area (Å²) in [6.07, 6.45) is -0.0949. The van der Waals surface area contributed by atoms with E-state index in [4.69, 9.17) is 14.2 Å². The van der Waals surface area contributed by atoms with Crippen LogP contribution in [0.1, 0.15) is 6.92 Å². The van der Waals surface area contributed by atoms with E-state index >= 15 is 0 Å². The van der Waals surface area contributed by atoms with Gasteiger partial charge < -0.3 is 14.2 Å². The van der Waals surface area contributed by atoms with Gasteiger partial charge in [-0.25, -0.2) is 0 Å². The molecule has 1 aliphatic rings. The fourth-order valence-corrected chi connectivity index (χ4v) is 0.872. The number of hydrogen-bond donors (Lipinski definition) is 0. The molecule has 54 valence electrons. The molecule has 9 heavy (non-hydrogen) atoms. The molecule has 0 spiro atoms. The second-order valence-corrected chi connectivity index (χ2v) is 2.05. The van der Waals surface area contributed by atoms with Gasteiger partial charge in [-0.05, 0) is 6.92 Å². The number of ether oxygens (including phenoxy) is 3. The Balaban J connectivity index is 2.30. The molecule has 0 saturated carbocycles. The van der Waals surface area contributed by atoms with E-state index in [1.807, 2.05) is 6.92 Å². The van der Waals surface area contributed by atoms with Crippen molar-refractivity contribution in [2.45, 2.75) is 19.3 Å². The van der Waals surface area contributed by atoms with Crippen molar-refractivity contribution in [2.75, 3.05) is 20.3 Å². The first-order valence-corrected chi connectivity index (χ1v) is 3.10. The summed E-state index contributed by atoms with van der Waals surface area (Å²) in [4.78, 5) is 0. The zero-order valence-corrected chi connectivity index (χ0v) is 5.79. The third kappa shape index (κ3) is 1.64. The quantitative estimate of drug-likeness (QED) is 0.516. The van der Waals surface area contributed by atoms with E-state index in [9.17, 15) is 0 Å². The minimum atomic E-state index is -0.168. The molecule has 0 amide bonds. The van der Waals surface area contributed by atoms with Crippen LogP contribution in [0, 0.1) is 0 Å². The number of rotatable bonds is 1. The summed E-state index contributed by atoms with van der Waals surface area (Å²) < 4.78 is 15.4. The summed E-state index contributed by atoms with van der Waals surface area (Å²) in [5.74, 6) is 0. The predicted molar refractivity (Wildman–Crippen MR) is 32.2 cm³/mol. The van der Waals surface area contributed by atoms with Crippen LogP contribution in [0.15, 0.2) is 0 Å². The van der Waals surface area contributed by atoms with E-state index in [-0.39, 0.29) is 12.4 Å². The van der Waals surface area contributed by atoms with E-state index < -0.39 is 0 Å². The molecule has 1 fully saturated rings. The Bertz CT molecular complexity index is 84.4. The second kappa shape index (κ2) is 3.15. The molecule has 0 radical (unpaired) electrons. The van der Waals surface area contributed by atoms with E-state index in [2.05, 4.69) is 0 Å². The molecule has 0 aromatic carbocycles. The average molecular weight is 132 g/mol. The molecular formula is C6H12O3. The van der Waals surface area contributed by atoms with Crippen LogP contribution in [0.25, 0.3) is 0 Å². The van der Waals surface area contributed by atoms with Crippen molar-refractivity contribution in [2.24, 2.45) is 0 Å². The van der Waals surface area contributed by atoms with E-state index in [1.165, 1.54) is 0 Å². The lowest BCUT2D eigenvalue weighted by molar-refractivity contribution is -0.232. The molecular weight excluding hydrogens is 120 g/mol. The summed E-state index contributed by atoms with van der Waals surface area (Å²) in [7, 11) is 1.62. The molecule has 0 N–H and O–H groups in total. The molecule has 0 bridgehead atoms. The topological polar surface area (TPSA) is 27.7 Å². The minimum Gasteiger partial charge on any atom is -0.371 e. The molecule has 1 heterocycles. The molecule has 1 saturated heterocycles. The van der Waals surface area contributed by atoms with Crippen LogP contribution in [0.3, 0.4) is 0 Å². The van der Waals surface area contributed by atoms with Crippen LogP contribution in [-0.4, -0.2) is 32.7 Å². The van der Waals surface area contributed by atoms with Gasteiger partial charge in [0.1, 0.15) is 6.10 Å². The van der Waals surface area contributed by atoms with Crippen LogP contribution in [-0.2, 0) is 14.2 Å². The first-order chi connectivity index (χ1) is 4.34. The van der Waals surface area contributed by atoms with Crippen molar-refractivity contribution in [1.29, 1.82) is 0 Å². The second-order valence-electron chi connectivity index (χ2n) is 2.05. The molecule has 3 heteroatoms. The highest BCUT2D eigenvalue weighted by Gasteiger charge is 2.21. The van der Waals surface area contributed by atoms with Gasteiger partial charge in [-0.3, -0.25) is 0 Å². The average Bonchev–Trinajstić information content (AvgIpc) is 1.89. The van der Waals surface area contributed by atoms with Crippen LogP contribution in [0.4, 0.5) is 0 Å². The zero-order chi connectivity index (χ0) is 6.69. The van der Waals surface area contributed by atoms with Crippen molar-refractivity contribution in [3.63, 3.8) is 0 Å². The van der Waals surface area contributed by atoms with E-state index in [0.717, 1.165) is 0 Å². The lowest BCUT2D eigenvalue weighted by atomic mass is 10.4. The molecule has 3 nitrogen and oxygen atoms in total. The van der Waals surface area contributed by atoms with Crippen molar-refractivity contribution < 1.29 is 14.2 Å². The van der Waals surface area contributed by atoms with Gasteiger partial charge in [0.25, 0.3) is 0 Å². The zero-order valence-electron chi connectivity index (χ0n) is 5.79. The van der Waals surface area contributed by atoms with Gasteiger partial charge in [-0.2, -0.15) is 0 Å². The molecule has 1 rings (SSSR count). The number of hydrogen-bond acceptors (Lipinski definition) is 3. The highest BCUT2D eigenvalue weighted by molar-refractivity contribution is 4.58. The maximum absolute atomic E-state index is 5.23. The highest BCUT2D eigenvalue weighted by atomic mass is 16.7. The van der Waals surface area contributed by atoms with E-state index in [0.29, 0.717) is 13.2 Å². The minimum absolute atomic E-state index is 0.0729. The van der Waals surface area contributed by atoms with Crippen LogP contribution < -0.4 is 0 Å². The van der Waals surface area contributed by atoms with Crippen molar-refractivity contribution in [1.82, 2.24) is 0 Å². The summed E-state index contributed by atoms with van der Waals surface area (Å²) in [6.45, 7) is 3.26. The first kappa shape index (κ1) is 6.99. The lowest BCUT2D eigenvalue weighted by Crippen LogP contribution is -2.37. The lowest BCUT2D eigenvalue weighted by Gasteiger charge is -2.27. The first-order valence-electron chi connectivity index (χ1n) is 3.10. The van der Waals surface area contributed by atoms with Gasteiger partial charge in [0, 0.05) is 7.11 Å². The third-order valence-corrected chi connectivity index (χ3v) is 1.36. The maximum Gasteiger partial charge on any atom is 0.183 e. The molecule has 1 aliphatic heterocycles. The third-order valence-electron chi connectivity index (χ3n) is 1.36. The standard InChI is InChI=1S/C6H12O3/c1-5-6(7-2)9-4-3-8-5/h5-6H,3-4H2,1-2H3. The van der Waals surface area contributed by atoms with Gasteiger partial charge >= 0.3 is 0 Å². The Morgan fingerprint density at radius 3 is 2.44 bits per heavy atom. The largest absolute Gasteiger partial charge is 0.371 e. The van der Waals surface area contributed by atoms with Gasteiger partial charge in [0.15, 0.2) is 6.29 Å². The number of methoxy groups -OCH3 is 1. The normalized spacial score (nSPS) is 36.7. The Labute approximate surface area is 54.9 Å². The van der Waals surface area contributed by atoms with Crippen molar-refractivity contribution in [3.05, 3.63) is 0 Å². The SMILES string of the molecule is COC1OCCOC1C. The van der Waals surface area contributed by atoms with Gasteiger partial charge in [-0.15, -0.1) is 0 Å². The van der Waals surface area contributed by atoms with E-state index in [1.54, 1.807) is 7.11 Å². The van der Waals surface area contributed by atoms with Crippen LogP contribution >= 0.6 is 0 Å². The van der Waals surface area contributed by atoms with Crippen LogP contribution in [0.5, 0.6) is 0 Å². The molecule has 2 atom stereocenters. The van der Waals surface area contributed by atoms with Gasteiger partial charge in [0.2, 0.25) is 0 Å². The van der Waals surface area contributed by atoms with Crippen molar-refractivity contribution >= 4 is 0 Å². The Kier molecular flexibility index (Phi) is 2.45. The summed E-state index contributed by atoms with van der Waals surface area (Å²) in [6, 6.07) is 0. The molecule has 0 aromatic heterocycles. The van der Waals surface area contributed by atoms with Gasteiger partial charge in [-0.1, -0.05) is 0 Å². The fraction of sp³-hybridized carbons (Fsp3) is 1.00. The fourth-order valence-electron chi connectivity index (χ4n) is 0.872. The Morgan fingerprint density at radius 1 is 1.33 bits per heavy atom. The summed E-state index contributed by atoms with van der Waals surface area (Å²) >= 11 is 0. The molecule has 0 aromatic rings. The summed E-state index contributed by atoms with van der Waals surface area (Å²) in [5, 5.41) is 0. The monoisotopic (exact) mass is 132 g/mol. The summed E-state index contributed by atoms with van der Waals surface area (Å²) in [5.41, 5.74) is 0. The van der Waals surface area contributed by atoms with Crippen molar-refractivity contribution in [3.8, 4) is 0 Å². The Hall–Kier alpha value is -0.120. The van der Waals surface area contributed by atoms with Crippen LogP contribution in [0.2, 0.25) is 0 Å². The highest BCUT2D eigenvalue weighted by Crippen LogP contribution is 2.08. The maximum atomic E-state index is 5.23. The smallest absolute Gasteiger partial charge is 0.183 e. The Morgan fingerprint density at radius 2 is 2.00 bits per heavy atom. The molecule has 2 unspecified atom stereocenters. The predicted octanol–water partition coefficient (Wildman–Crippen LogP) is 0.394. The molecule has 0 aliphatic carbocycles.